The third-order valence-corrected chi connectivity index (χ3v) is 4.38. The van der Waals surface area contributed by atoms with Crippen LogP contribution in [0.15, 0.2) is 29.5 Å². The van der Waals surface area contributed by atoms with Crippen molar-refractivity contribution in [2.45, 2.75) is 25.8 Å². The Morgan fingerprint density at radius 2 is 2.30 bits per heavy atom. The highest BCUT2D eigenvalue weighted by molar-refractivity contribution is 7.07. The summed E-state index contributed by atoms with van der Waals surface area (Å²) in [6, 6.07) is 2.11. The van der Waals surface area contributed by atoms with Crippen molar-refractivity contribution in [3.05, 3.63) is 35.0 Å². The fourth-order valence-electron chi connectivity index (χ4n) is 2.47. The van der Waals surface area contributed by atoms with Crippen LogP contribution in [0.2, 0.25) is 0 Å². The van der Waals surface area contributed by atoms with Gasteiger partial charge < -0.3 is 9.80 Å². The van der Waals surface area contributed by atoms with Gasteiger partial charge in [0.05, 0.1) is 0 Å². The molecule has 0 radical (unpaired) electrons. The number of hydrogen-bond donors (Lipinski definition) is 0. The second kappa shape index (κ2) is 6.70. The molecule has 108 valence electrons. The average molecular weight is 292 g/mol. The third kappa shape index (κ3) is 3.48. The molecule has 1 saturated heterocycles. The van der Waals surface area contributed by atoms with E-state index in [1.807, 2.05) is 17.2 Å². The van der Waals surface area contributed by atoms with Crippen LogP contribution >= 0.6 is 11.3 Å². The standard InChI is InChI=1S/C15H20N2O2S/c1-3-14(18)17-8-7-16(10-12(17)2)15(19)5-4-13-6-9-20-11-13/h3,6,9,11-12H,1,4-5,7-8,10H2,2H3/t12-/m1/s1. The van der Waals surface area contributed by atoms with E-state index in [9.17, 15) is 9.59 Å². The van der Waals surface area contributed by atoms with E-state index in [1.54, 1.807) is 16.2 Å². The van der Waals surface area contributed by atoms with E-state index in [1.165, 1.54) is 11.6 Å². The van der Waals surface area contributed by atoms with E-state index in [2.05, 4.69) is 18.0 Å². The Kier molecular flexibility index (Phi) is 4.95. The summed E-state index contributed by atoms with van der Waals surface area (Å²) in [6.45, 7) is 7.31. The number of thiophene rings is 1. The largest absolute Gasteiger partial charge is 0.339 e. The van der Waals surface area contributed by atoms with Gasteiger partial charge in [0.25, 0.3) is 0 Å². The van der Waals surface area contributed by atoms with E-state index in [4.69, 9.17) is 0 Å². The lowest BCUT2D eigenvalue weighted by molar-refractivity contribution is -0.139. The molecule has 0 aromatic carbocycles. The van der Waals surface area contributed by atoms with Crippen LogP contribution in [0.1, 0.15) is 18.9 Å². The molecular formula is C15H20N2O2S. The molecule has 5 heteroatoms. The zero-order valence-corrected chi connectivity index (χ0v) is 12.6. The molecule has 0 bridgehead atoms. The van der Waals surface area contributed by atoms with Gasteiger partial charge in [0, 0.05) is 32.1 Å². The van der Waals surface area contributed by atoms with E-state index >= 15 is 0 Å². The van der Waals surface area contributed by atoms with E-state index in [0.717, 1.165) is 6.42 Å². The topological polar surface area (TPSA) is 40.6 Å². The Hall–Kier alpha value is -1.62. The van der Waals surface area contributed by atoms with Crippen LogP contribution in [0.25, 0.3) is 0 Å². The molecule has 0 unspecified atom stereocenters. The first kappa shape index (κ1) is 14.8. The van der Waals surface area contributed by atoms with Crippen molar-refractivity contribution in [2.75, 3.05) is 19.6 Å². The van der Waals surface area contributed by atoms with Crippen molar-refractivity contribution in [2.24, 2.45) is 0 Å². The van der Waals surface area contributed by atoms with Gasteiger partial charge in [-0.25, -0.2) is 0 Å². The van der Waals surface area contributed by atoms with Gasteiger partial charge in [0.15, 0.2) is 0 Å². The highest BCUT2D eigenvalue weighted by Gasteiger charge is 2.28. The zero-order valence-electron chi connectivity index (χ0n) is 11.7. The van der Waals surface area contributed by atoms with Crippen molar-refractivity contribution in [1.82, 2.24) is 9.80 Å². The molecule has 1 aliphatic rings. The van der Waals surface area contributed by atoms with Crippen LogP contribution in [0.3, 0.4) is 0 Å². The summed E-state index contributed by atoms with van der Waals surface area (Å²) in [5.41, 5.74) is 1.22. The van der Waals surface area contributed by atoms with Crippen molar-refractivity contribution < 1.29 is 9.59 Å². The number of piperazine rings is 1. The molecule has 0 aliphatic carbocycles. The molecule has 20 heavy (non-hydrogen) atoms. The van der Waals surface area contributed by atoms with E-state index < -0.39 is 0 Å². The van der Waals surface area contributed by atoms with Gasteiger partial charge >= 0.3 is 0 Å². The first-order valence-corrected chi connectivity index (χ1v) is 7.78. The molecule has 0 spiro atoms. The number of carbonyl (C=O) groups is 2. The lowest BCUT2D eigenvalue weighted by atomic mass is 10.1. The smallest absolute Gasteiger partial charge is 0.246 e. The van der Waals surface area contributed by atoms with Gasteiger partial charge in [-0.3, -0.25) is 9.59 Å². The summed E-state index contributed by atoms with van der Waals surface area (Å²) in [5.74, 6) is 0.122. The maximum atomic E-state index is 12.2. The van der Waals surface area contributed by atoms with Gasteiger partial charge in [-0.2, -0.15) is 11.3 Å². The van der Waals surface area contributed by atoms with Crippen molar-refractivity contribution >= 4 is 23.2 Å². The van der Waals surface area contributed by atoms with Gasteiger partial charge in [-0.15, -0.1) is 0 Å². The SMILES string of the molecule is C=CC(=O)N1CCN(C(=O)CCc2ccsc2)C[C@H]1C. The van der Waals surface area contributed by atoms with Crippen LogP contribution in [-0.4, -0.2) is 47.3 Å². The number of carbonyl (C=O) groups excluding carboxylic acids is 2. The second-order valence-electron chi connectivity index (χ2n) is 5.06. The van der Waals surface area contributed by atoms with Crippen molar-refractivity contribution in [3.63, 3.8) is 0 Å². The average Bonchev–Trinajstić information content (AvgIpc) is 2.97. The minimum absolute atomic E-state index is 0.0529. The number of nitrogens with zero attached hydrogens (tertiary/aromatic N) is 2. The minimum Gasteiger partial charge on any atom is -0.339 e. The van der Waals surface area contributed by atoms with Gasteiger partial charge in [0.2, 0.25) is 11.8 Å². The quantitative estimate of drug-likeness (QED) is 0.796. The summed E-state index contributed by atoms with van der Waals surface area (Å²) in [6.07, 6.45) is 2.67. The van der Waals surface area contributed by atoms with Crippen LogP contribution in [-0.2, 0) is 16.0 Å². The number of rotatable bonds is 4. The minimum atomic E-state index is -0.0529. The summed E-state index contributed by atoms with van der Waals surface area (Å²) in [5, 5.41) is 4.11. The number of aryl methyl sites for hydroxylation is 1. The number of amides is 2. The normalized spacial score (nSPS) is 18.9. The summed E-state index contributed by atoms with van der Waals surface area (Å²) >= 11 is 1.65. The van der Waals surface area contributed by atoms with Crippen LogP contribution < -0.4 is 0 Å². The predicted octanol–water partition coefficient (Wildman–Crippen LogP) is 1.93. The fourth-order valence-corrected chi connectivity index (χ4v) is 3.18. The van der Waals surface area contributed by atoms with Crippen LogP contribution in [0, 0.1) is 0 Å². The molecule has 0 N–H and O–H groups in total. The van der Waals surface area contributed by atoms with Crippen LogP contribution in [0.4, 0.5) is 0 Å². The highest BCUT2D eigenvalue weighted by atomic mass is 32.1. The third-order valence-electron chi connectivity index (χ3n) is 3.65. The van der Waals surface area contributed by atoms with Gasteiger partial charge in [0.1, 0.15) is 0 Å². The molecule has 4 nitrogen and oxygen atoms in total. The Morgan fingerprint density at radius 3 is 2.90 bits per heavy atom. The monoisotopic (exact) mass is 292 g/mol. The fraction of sp³-hybridized carbons (Fsp3) is 0.467. The lowest BCUT2D eigenvalue weighted by Gasteiger charge is -2.39. The molecular weight excluding hydrogens is 272 g/mol. The Bertz CT molecular complexity index is 484. The van der Waals surface area contributed by atoms with Gasteiger partial charge in [-0.1, -0.05) is 6.58 Å². The Labute approximate surface area is 123 Å². The Balaban J connectivity index is 1.84. The maximum absolute atomic E-state index is 12.2. The molecule has 2 amide bonds. The molecule has 1 atom stereocenters. The van der Waals surface area contributed by atoms with E-state index in [-0.39, 0.29) is 17.9 Å². The Morgan fingerprint density at radius 1 is 1.50 bits per heavy atom. The first-order valence-electron chi connectivity index (χ1n) is 6.83. The van der Waals surface area contributed by atoms with E-state index in [0.29, 0.717) is 26.1 Å². The zero-order chi connectivity index (χ0) is 14.5. The summed E-state index contributed by atoms with van der Waals surface area (Å²) in [4.78, 5) is 27.5. The molecule has 2 heterocycles. The maximum Gasteiger partial charge on any atom is 0.246 e. The van der Waals surface area contributed by atoms with Gasteiger partial charge in [-0.05, 0) is 41.8 Å². The summed E-state index contributed by atoms with van der Waals surface area (Å²) in [7, 11) is 0. The first-order chi connectivity index (χ1) is 9.61. The molecule has 2 rings (SSSR count). The molecule has 1 aromatic rings. The van der Waals surface area contributed by atoms with Crippen molar-refractivity contribution in [1.29, 1.82) is 0 Å². The lowest BCUT2D eigenvalue weighted by Crippen LogP contribution is -2.55. The summed E-state index contributed by atoms with van der Waals surface area (Å²) < 4.78 is 0. The molecule has 1 aromatic heterocycles. The molecule has 0 saturated carbocycles. The number of hydrogen-bond acceptors (Lipinski definition) is 3. The second-order valence-corrected chi connectivity index (χ2v) is 5.84. The van der Waals surface area contributed by atoms with Crippen LogP contribution in [0.5, 0.6) is 0 Å². The molecule has 1 aliphatic heterocycles. The molecule has 1 fully saturated rings. The van der Waals surface area contributed by atoms with Crippen molar-refractivity contribution in [3.8, 4) is 0 Å². The predicted molar refractivity (Wildman–Crippen MR) is 80.6 cm³/mol. The highest BCUT2D eigenvalue weighted by Crippen LogP contribution is 2.13.